The van der Waals surface area contributed by atoms with Gasteiger partial charge in [-0.15, -0.1) is 0 Å². The number of halogens is 2. The topological polar surface area (TPSA) is 58.2 Å². The van der Waals surface area contributed by atoms with Crippen LogP contribution in [0, 0.1) is 18.6 Å². The average Bonchev–Trinajstić information content (AvgIpc) is 2.92. The molecule has 116 valence electrons. The molecule has 1 aliphatic heterocycles. The Labute approximate surface area is 125 Å². The minimum absolute atomic E-state index is 0.00576. The van der Waals surface area contributed by atoms with E-state index in [0.29, 0.717) is 19.0 Å². The SMILES string of the molecule is Cc1cnc([C@@H]2CN(C(=O)c3cc(F)cc(F)c3)CCO2)[nH]1. The molecule has 0 saturated carbocycles. The van der Waals surface area contributed by atoms with Crippen molar-refractivity contribution in [2.75, 3.05) is 19.7 Å². The summed E-state index contributed by atoms with van der Waals surface area (Å²) in [6, 6.07) is 2.81. The lowest BCUT2D eigenvalue weighted by molar-refractivity contribution is -0.0265. The summed E-state index contributed by atoms with van der Waals surface area (Å²) in [5.74, 6) is -1.32. The van der Waals surface area contributed by atoms with Crippen molar-refractivity contribution in [2.45, 2.75) is 13.0 Å². The average molecular weight is 307 g/mol. The maximum Gasteiger partial charge on any atom is 0.254 e. The second-order valence-electron chi connectivity index (χ2n) is 5.22. The van der Waals surface area contributed by atoms with Crippen LogP contribution >= 0.6 is 0 Å². The smallest absolute Gasteiger partial charge is 0.254 e. The number of H-pyrrole nitrogens is 1. The van der Waals surface area contributed by atoms with Gasteiger partial charge in [-0.2, -0.15) is 0 Å². The molecule has 0 bridgehead atoms. The quantitative estimate of drug-likeness (QED) is 0.925. The van der Waals surface area contributed by atoms with Crippen molar-refractivity contribution in [2.24, 2.45) is 0 Å². The van der Waals surface area contributed by atoms with Crippen LogP contribution < -0.4 is 0 Å². The van der Waals surface area contributed by atoms with Gasteiger partial charge >= 0.3 is 0 Å². The fraction of sp³-hybridized carbons (Fsp3) is 0.333. The van der Waals surface area contributed by atoms with Gasteiger partial charge in [0.2, 0.25) is 0 Å². The summed E-state index contributed by atoms with van der Waals surface area (Å²) in [4.78, 5) is 21.2. The van der Waals surface area contributed by atoms with Crippen LogP contribution in [0.3, 0.4) is 0 Å². The van der Waals surface area contributed by atoms with Crippen LogP contribution in [0.4, 0.5) is 8.78 Å². The lowest BCUT2D eigenvalue weighted by atomic mass is 10.1. The first-order chi connectivity index (χ1) is 10.5. The van der Waals surface area contributed by atoms with Crippen molar-refractivity contribution in [3.8, 4) is 0 Å². The number of nitrogens with zero attached hydrogens (tertiary/aromatic N) is 2. The molecule has 0 aliphatic carbocycles. The molecule has 1 atom stereocenters. The monoisotopic (exact) mass is 307 g/mol. The van der Waals surface area contributed by atoms with E-state index in [4.69, 9.17) is 4.74 Å². The van der Waals surface area contributed by atoms with Gasteiger partial charge in [0.15, 0.2) is 0 Å². The molecular formula is C15H15F2N3O2. The number of imidazole rings is 1. The molecule has 3 rings (SSSR count). The molecule has 1 amide bonds. The molecule has 0 unspecified atom stereocenters. The van der Waals surface area contributed by atoms with Crippen LogP contribution in [-0.4, -0.2) is 40.5 Å². The Balaban J connectivity index is 1.77. The number of hydrogen-bond donors (Lipinski definition) is 1. The molecule has 1 saturated heterocycles. The summed E-state index contributed by atoms with van der Waals surface area (Å²) in [6.45, 7) is 2.86. The standard InChI is InChI=1S/C15H15F2N3O2/c1-9-7-18-14(19-9)13-8-20(2-3-22-13)15(21)10-4-11(16)6-12(17)5-10/h4-7,13H,2-3,8H2,1H3,(H,18,19)/t13-/m0/s1. The van der Waals surface area contributed by atoms with Crippen LogP contribution in [0.2, 0.25) is 0 Å². The zero-order valence-corrected chi connectivity index (χ0v) is 12.0. The normalized spacial score (nSPS) is 18.5. The Hall–Kier alpha value is -2.28. The van der Waals surface area contributed by atoms with Gasteiger partial charge in [-0.05, 0) is 19.1 Å². The number of amides is 1. The maximum absolute atomic E-state index is 13.2. The highest BCUT2D eigenvalue weighted by molar-refractivity contribution is 5.94. The van der Waals surface area contributed by atoms with E-state index in [1.54, 1.807) is 6.20 Å². The number of aryl methyl sites for hydroxylation is 1. The third kappa shape index (κ3) is 2.99. The number of aromatic nitrogens is 2. The van der Waals surface area contributed by atoms with Gasteiger partial charge in [0, 0.05) is 30.1 Å². The third-order valence-electron chi connectivity index (χ3n) is 3.49. The number of morpholine rings is 1. The number of benzene rings is 1. The van der Waals surface area contributed by atoms with E-state index < -0.39 is 17.5 Å². The number of carbonyl (C=O) groups excluding carboxylic acids is 1. The van der Waals surface area contributed by atoms with Crippen LogP contribution in [0.25, 0.3) is 0 Å². The predicted molar refractivity (Wildman–Crippen MR) is 74.3 cm³/mol. The first-order valence-electron chi connectivity index (χ1n) is 6.91. The lowest BCUT2D eigenvalue weighted by Crippen LogP contribution is -2.42. The van der Waals surface area contributed by atoms with E-state index in [-0.39, 0.29) is 18.2 Å². The van der Waals surface area contributed by atoms with Crippen LogP contribution in [0.1, 0.15) is 28.0 Å². The summed E-state index contributed by atoms with van der Waals surface area (Å²) in [6.07, 6.45) is 1.31. The summed E-state index contributed by atoms with van der Waals surface area (Å²) in [5.41, 5.74) is 0.892. The highest BCUT2D eigenvalue weighted by Crippen LogP contribution is 2.21. The van der Waals surface area contributed by atoms with Gasteiger partial charge in [0.25, 0.3) is 5.91 Å². The molecule has 7 heteroatoms. The van der Waals surface area contributed by atoms with Gasteiger partial charge in [-0.1, -0.05) is 0 Å². The number of rotatable bonds is 2. The minimum atomic E-state index is -0.769. The van der Waals surface area contributed by atoms with Crippen molar-refractivity contribution >= 4 is 5.91 Å². The molecule has 1 aromatic heterocycles. The van der Waals surface area contributed by atoms with Crippen LogP contribution in [0.15, 0.2) is 24.4 Å². The van der Waals surface area contributed by atoms with Crippen molar-refractivity contribution in [3.63, 3.8) is 0 Å². The minimum Gasteiger partial charge on any atom is -0.367 e. The number of hydrogen-bond acceptors (Lipinski definition) is 3. The molecule has 0 spiro atoms. The number of carbonyl (C=O) groups is 1. The van der Waals surface area contributed by atoms with E-state index in [0.717, 1.165) is 23.9 Å². The summed E-state index contributed by atoms with van der Waals surface area (Å²) < 4.78 is 32.1. The van der Waals surface area contributed by atoms with Crippen molar-refractivity contribution in [3.05, 3.63) is 53.1 Å². The van der Waals surface area contributed by atoms with Crippen LogP contribution in [-0.2, 0) is 4.74 Å². The molecule has 1 fully saturated rings. The zero-order chi connectivity index (χ0) is 15.7. The highest BCUT2D eigenvalue weighted by atomic mass is 19.1. The van der Waals surface area contributed by atoms with Gasteiger partial charge in [0.05, 0.1) is 13.2 Å². The molecule has 1 N–H and O–H groups in total. The Kier molecular flexibility index (Phi) is 3.89. The van der Waals surface area contributed by atoms with E-state index in [9.17, 15) is 13.6 Å². The van der Waals surface area contributed by atoms with Gasteiger partial charge < -0.3 is 14.6 Å². The van der Waals surface area contributed by atoms with E-state index in [1.165, 1.54) is 4.90 Å². The summed E-state index contributed by atoms with van der Waals surface area (Å²) in [5, 5.41) is 0. The maximum atomic E-state index is 13.2. The van der Waals surface area contributed by atoms with Crippen molar-refractivity contribution in [1.82, 2.24) is 14.9 Å². The number of aromatic amines is 1. The molecule has 5 nitrogen and oxygen atoms in total. The molecule has 0 radical (unpaired) electrons. The fourth-order valence-electron chi connectivity index (χ4n) is 2.46. The van der Waals surface area contributed by atoms with E-state index in [1.807, 2.05) is 6.92 Å². The molecular weight excluding hydrogens is 292 g/mol. The van der Waals surface area contributed by atoms with E-state index in [2.05, 4.69) is 9.97 Å². The van der Waals surface area contributed by atoms with Gasteiger partial charge in [-0.25, -0.2) is 13.8 Å². The highest BCUT2D eigenvalue weighted by Gasteiger charge is 2.28. The largest absolute Gasteiger partial charge is 0.367 e. The summed E-state index contributed by atoms with van der Waals surface area (Å²) in [7, 11) is 0. The molecule has 2 aromatic rings. The van der Waals surface area contributed by atoms with E-state index >= 15 is 0 Å². The Morgan fingerprint density at radius 1 is 1.36 bits per heavy atom. The van der Waals surface area contributed by atoms with Gasteiger partial charge in [0.1, 0.15) is 23.6 Å². The first kappa shape index (κ1) is 14.6. The summed E-state index contributed by atoms with van der Waals surface area (Å²) >= 11 is 0. The lowest BCUT2D eigenvalue weighted by Gasteiger charge is -2.32. The molecule has 1 aliphatic rings. The number of ether oxygens (including phenoxy) is 1. The Morgan fingerprint density at radius 2 is 2.09 bits per heavy atom. The number of nitrogens with one attached hydrogen (secondary N) is 1. The zero-order valence-electron chi connectivity index (χ0n) is 12.0. The van der Waals surface area contributed by atoms with Crippen molar-refractivity contribution in [1.29, 1.82) is 0 Å². The molecule has 22 heavy (non-hydrogen) atoms. The Bertz CT molecular complexity index is 682. The van der Waals surface area contributed by atoms with Crippen LogP contribution in [0.5, 0.6) is 0 Å². The molecule has 2 heterocycles. The molecule has 1 aromatic carbocycles. The second kappa shape index (κ2) is 5.84. The second-order valence-corrected chi connectivity index (χ2v) is 5.22. The predicted octanol–water partition coefficient (Wildman–Crippen LogP) is 2.21. The third-order valence-corrected chi connectivity index (χ3v) is 3.49. The first-order valence-corrected chi connectivity index (χ1v) is 6.91. The van der Waals surface area contributed by atoms with Gasteiger partial charge in [-0.3, -0.25) is 4.79 Å². The Morgan fingerprint density at radius 3 is 2.73 bits per heavy atom. The fourth-order valence-corrected chi connectivity index (χ4v) is 2.46. The van der Waals surface area contributed by atoms with Crippen molar-refractivity contribution < 1.29 is 18.3 Å².